The number of aliphatic hydroxyl groups is 1. The average molecular weight is 498 g/mol. The molecule has 4 aromatic rings. The first kappa shape index (κ1) is 23.3. The third kappa shape index (κ3) is 3.84. The molecule has 1 aliphatic carbocycles. The van der Waals surface area contributed by atoms with Crippen LogP contribution in [0, 0.1) is 0 Å². The minimum atomic E-state index is -3.83. The molecule has 3 heterocycles. The Morgan fingerprint density at radius 1 is 1.17 bits per heavy atom. The largest absolute Gasteiger partial charge is 0.453 e. The summed E-state index contributed by atoms with van der Waals surface area (Å²) in [5.41, 5.74) is 1.67. The van der Waals surface area contributed by atoms with Crippen molar-refractivity contribution in [1.29, 1.82) is 0 Å². The number of fused-ring (bicyclic) bond motifs is 3. The van der Waals surface area contributed by atoms with Crippen LogP contribution in [-0.2, 0) is 21.4 Å². The molecule has 1 aliphatic rings. The lowest BCUT2D eigenvalue weighted by atomic mass is 9.90. The van der Waals surface area contributed by atoms with Crippen LogP contribution < -0.4 is 0 Å². The Hall–Kier alpha value is -3.44. The number of amides is 1. The number of nitrogens with zero attached hydrogens (tertiary/aromatic N) is 5. The third-order valence-electron chi connectivity index (χ3n) is 6.88. The molecule has 184 valence electrons. The molecular weight excluding hydrogens is 470 g/mol. The van der Waals surface area contributed by atoms with Gasteiger partial charge in [-0.2, -0.15) is 0 Å². The van der Waals surface area contributed by atoms with Gasteiger partial charge in [-0.05, 0) is 43.9 Å². The molecule has 1 aromatic carbocycles. The van der Waals surface area contributed by atoms with E-state index >= 15 is 0 Å². The molecule has 1 N–H and O–H groups in total. The normalized spacial score (nSPS) is 18.7. The number of rotatable bonds is 5. The highest BCUT2D eigenvalue weighted by molar-refractivity contribution is 7.90. The van der Waals surface area contributed by atoms with Crippen molar-refractivity contribution >= 4 is 38.2 Å². The number of aliphatic hydroxyl groups excluding tert-OH is 1. The summed E-state index contributed by atoms with van der Waals surface area (Å²) in [7, 11) is -0.711. The number of hydrogen-bond acceptors (Lipinski definition) is 7. The van der Waals surface area contributed by atoms with Crippen LogP contribution in [0.15, 0.2) is 53.7 Å². The SMILES string of the molecule is COC(=O)N(C)C1CCC(n2c(CO)nc3cnc4c(ccn4S(=O)(=O)c4ccccc4)c32)CC1. The van der Waals surface area contributed by atoms with Crippen LogP contribution in [0.2, 0.25) is 0 Å². The highest BCUT2D eigenvalue weighted by Gasteiger charge is 2.31. The van der Waals surface area contributed by atoms with E-state index in [0.717, 1.165) is 31.2 Å². The van der Waals surface area contributed by atoms with E-state index in [0.29, 0.717) is 22.4 Å². The fraction of sp³-hybridized carbons (Fsp3) is 0.375. The number of benzene rings is 1. The van der Waals surface area contributed by atoms with E-state index in [1.807, 2.05) is 4.57 Å². The molecule has 3 aromatic heterocycles. The summed E-state index contributed by atoms with van der Waals surface area (Å²) in [5.74, 6) is 0.512. The van der Waals surface area contributed by atoms with Crippen molar-refractivity contribution in [2.24, 2.45) is 0 Å². The predicted octanol–water partition coefficient (Wildman–Crippen LogP) is 3.30. The van der Waals surface area contributed by atoms with Crippen LogP contribution in [-0.4, -0.2) is 63.2 Å². The highest BCUT2D eigenvalue weighted by atomic mass is 32.2. The zero-order chi connectivity index (χ0) is 24.7. The highest BCUT2D eigenvalue weighted by Crippen LogP contribution is 2.37. The minimum Gasteiger partial charge on any atom is -0.453 e. The summed E-state index contributed by atoms with van der Waals surface area (Å²) in [6, 6.07) is 10.1. The Labute approximate surface area is 202 Å². The van der Waals surface area contributed by atoms with Crippen LogP contribution in [0.25, 0.3) is 22.1 Å². The fourth-order valence-electron chi connectivity index (χ4n) is 5.10. The number of pyridine rings is 1. The van der Waals surface area contributed by atoms with Gasteiger partial charge in [0.05, 0.1) is 23.7 Å². The smallest absolute Gasteiger partial charge is 0.409 e. The Kier molecular flexibility index (Phi) is 5.97. The monoisotopic (exact) mass is 497 g/mol. The molecule has 10 nitrogen and oxygen atoms in total. The fourth-order valence-corrected chi connectivity index (χ4v) is 6.42. The molecule has 11 heteroatoms. The number of aromatic nitrogens is 4. The molecule has 35 heavy (non-hydrogen) atoms. The zero-order valence-corrected chi connectivity index (χ0v) is 20.4. The molecule has 0 aliphatic heterocycles. The molecule has 1 fully saturated rings. The summed E-state index contributed by atoms with van der Waals surface area (Å²) in [6.45, 7) is -0.249. The molecule has 0 bridgehead atoms. The van der Waals surface area contributed by atoms with Gasteiger partial charge in [0.15, 0.2) is 5.65 Å². The first-order chi connectivity index (χ1) is 16.9. The van der Waals surface area contributed by atoms with E-state index < -0.39 is 10.0 Å². The minimum absolute atomic E-state index is 0.0455. The van der Waals surface area contributed by atoms with Crippen LogP contribution in [0.5, 0.6) is 0 Å². The number of hydrogen-bond donors (Lipinski definition) is 1. The van der Waals surface area contributed by atoms with Crippen molar-refractivity contribution in [3.8, 4) is 0 Å². The number of imidazole rings is 1. The van der Waals surface area contributed by atoms with Crippen LogP contribution in [0.1, 0.15) is 37.5 Å². The number of carbonyl (C=O) groups excluding carboxylic acids is 1. The second-order valence-electron chi connectivity index (χ2n) is 8.76. The standard InChI is InChI=1S/C24H27N5O5S/c1-27(24(31)34-2)16-8-10-17(11-9-16)29-21(15-30)26-20-14-25-23-19(22(20)29)12-13-28(23)35(32,33)18-6-4-3-5-7-18/h3-7,12-14,16-17,30H,8-11,15H2,1-2H3. The van der Waals surface area contributed by atoms with Gasteiger partial charge in [-0.15, -0.1) is 0 Å². The summed E-state index contributed by atoms with van der Waals surface area (Å²) < 4.78 is 34.6. The van der Waals surface area contributed by atoms with Gasteiger partial charge in [0.25, 0.3) is 10.0 Å². The summed E-state index contributed by atoms with van der Waals surface area (Å²) in [6.07, 6.45) is 5.82. The lowest BCUT2D eigenvalue weighted by Crippen LogP contribution is -2.39. The maximum Gasteiger partial charge on any atom is 0.409 e. The molecule has 1 saturated carbocycles. The van der Waals surface area contributed by atoms with Crippen molar-refractivity contribution in [3.05, 3.63) is 54.6 Å². The van der Waals surface area contributed by atoms with Gasteiger partial charge >= 0.3 is 6.09 Å². The van der Waals surface area contributed by atoms with Crippen molar-refractivity contribution in [2.75, 3.05) is 14.2 Å². The van der Waals surface area contributed by atoms with E-state index in [-0.39, 0.29) is 29.7 Å². The molecule has 0 unspecified atom stereocenters. The van der Waals surface area contributed by atoms with Crippen molar-refractivity contribution in [1.82, 2.24) is 23.4 Å². The van der Waals surface area contributed by atoms with Gasteiger partial charge in [0.1, 0.15) is 17.9 Å². The van der Waals surface area contributed by atoms with Gasteiger partial charge in [-0.1, -0.05) is 18.2 Å². The van der Waals surface area contributed by atoms with Gasteiger partial charge in [-0.25, -0.2) is 27.2 Å². The second-order valence-corrected chi connectivity index (χ2v) is 10.6. The maximum atomic E-state index is 13.3. The maximum absolute atomic E-state index is 13.3. The van der Waals surface area contributed by atoms with E-state index in [9.17, 15) is 18.3 Å². The number of ether oxygens (including phenoxy) is 1. The Balaban J connectivity index is 1.57. The van der Waals surface area contributed by atoms with Crippen LogP contribution in [0.4, 0.5) is 4.79 Å². The average Bonchev–Trinajstić information content (AvgIpc) is 3.50. The Bertz CT molecular complexity index is 1490. The van der Waals surface area contributed by atoms with E-state index in [1.54, 1.807) is 54.5 Å². The first-order valence-corrected chi connectivity index (χ1v) is 12.9. The summed E-state index contributed by atoms with van der Waals surface area (Å²) in [4.78, 5) is 22.8. The third-order valence-corrected chi connectivity index (χ3v) is 8.57. The quantitative estimate of drug-likeness (QED) is 0.449. The molecule has 0 radical (unpaired) electrons. The topological polar surface area (TPSA) is 120 Å². The van der Waals surface area contributed by atoms with Crippen molar-refractivity contribution in [3.63, 3.8) is 0 Å². The summed E-state index contributed by atoms with van der Waals surface area (Å²) in [5, 5.41) is 10.7. The Morgan fingerprint density at radius 3 is 2.54 bits per heavy atom. The van der Waals surface area contributed by atoms with Crippen LogP contribution in [0.3, 0.4) is 0 Å². The van der Waals surface area contributed by atoms with Crippen molar-refractivity contribution < 1.29 is 23.1 Å². The van der Waals surface area contributed by atoms with Gasteiger partial charge in [0.2, 0.25) is 0 Å². The first-order valence-electron chi connectivity index (χ1n) is 11.5. The molecule has 0 saturated heterocycles. The van der Waals surface area contributed by atoms with Gasteiger partial charge in [-0.3, -0.25) is 0 Å². The van der Waals surface area contributed by atoms with Crippen LogP contribution >= 0.6 is 0 Å². The van der Waals surface area contributed by atoms with E-state index in [2.05, 4.69) is 9.97 Å². The second kappa shape index (κ2) is 8.97. The lowest BCUT2D eigenvalue weighted by molar-refractivity contribution is 0.102. The predicted molar refractivity (Wildman–Crippen MR) is 129 cm³/mol. The molecule has 0 spiro atoms. The molecule has 0 atom stereocenters. The summed E-state index contributed by atoms with van der Waals surface area (Å²) >= 11 is 0. The number of carbonyl (C=O) groups is 1. The van der Waals surface area contributed by atoms with Gasteiger partial charge < -0.3 is 19.3 Å². The van der Waals surface area contributed by atoms with Gasteiger partial charge in [0, 0.05) is 30.7 Å². The number of methoxy groups -OCH3 is 1. The molecular formula is C24H27N5O5S. The van der Waals surface area contributed by atoms with E-state index in [4.69, 9.17) is 4.74 Å². The zero-order valence-electron chi connectivity index (χ0n) is 19.5. The Morgan fingerprint density at radius 2 is 1.89 bits per heavy atom. The van der Waals surface area contributed by atoms with E-state index in [1.165, 1.54) is 17.3 Å². The lowest BCUT2D eigenvalue weighted by Gasteiger charge is -2.35. The van der Waals surface area contributed by atoms with Crippen molar-refractivity contribution in [2.45, 2.75) is 49.3 Å². The molecule has 1 amide bonds. The molecule has 5 rings (SSSR count).